The molecule has 5 nitrogen and oxygen atoms in total. The van der Waals surface area contributed by atoms with Crippen molar-refractivity contribution in [2.45, 2.75) is 57.0 Å². The first-order valence-electron chi connectivity index (χ1n) is 9.38. The van der Waals surface area contributed by atoms with E-state index in [9.17, 15) is 4.79 Å². The maximum absolute atomic E-state index is 12.9. The lowest BCUT2D eigenvalue weighted by Crippen LogP contribution is -2.34. The van der Waals surface area contributed by atoms with Crippen LogP contribution >= 0.6 is 23.1 Å². The highest BCUT2D eigenvalue weighted by Crippen LogP contribution is 2.34. The zero-order valence-electron chi connectivity index (χ0n) is 16.9. The summed E-state index contributed by atoms with van der Waals surface area (Å²) < 4.78 is 1.36. The van der Waals surface area contributed by atoms with Gasteiger partial charge in [-0.05, 0) is 55.8 Å². The van der Waals surface area contributed by atoms with Crippen molar-refractivity contribution in [3.8, 4) is 11.4 Å². The van der Waals surface area contributed by atoms with Gasteiger partial charge in [-0.25, -0.2) is 0 Å². The molecule has 0 saturated carbocycles. The number of hydrogen-bond acceptors (Lipinski definition) is 5. The van der Waals surface area contributed by atoms with Crippen molar-refractivity contribution in [2.75, 3.05) is 5.32 Å². The third-order valence-electron chi connectivity index (χ3n) is 4.54. The second-order valence-electron chi connectivity index (χ2n) is 7.41. The van der Waals surface area contributed by atoms with Crippen LogP contribution in [0.3, 0.4) is 0 Å². The number of anilines is 1. The summed E-state index contributed by atoms with van der Waals surface area (Å²) in [5.41, 5.74) is 3.11. The summed E-state index contributed by atoms with van der Waals surface area (Å²) >= 11 is 3.06. The predicted octanol–water partition coefficient (Wildman–Crippen LogP) is 5.66. The summed E-state index contributed by atoms with van der Waals surface area (Å²) in [5, 5.41) is 16.6. The van der Waals surface area contributed by atoms with Gasteiger partial charge in [-0.3, -0.25) is 4.79 Å². The van der Waals surface area contributed by atoms with E-state index in [4.69, 9.17) is 0 Å². The van der Waals surface area contributed by atoms with Gasteiger partial charge in [0.25, 0.3) is 0 Å². The van der Waals surface area contributed by atoms with E-state index in [1.807, 2.05) is 37.4 Å². The van der Waals surface area contributed by atoms with Gasteiger partial charge >= 0.3 is 0 Å². The van der Waals surface area contributed by atoms with Crippen molar-refractivity contribution in [1.29, 1.82) is 0 Å². The number of carbonyl (C=O) groups is 1. The van der Waals surface area contributed by atoms with Gasteiger partial charge in [-0.1, -0.05) is 37.7 Å². The van der Waals surface area contributed by atoms with Crippen LogP contribution in [0.1, 0.15) is 46.1 Å². The predicted molar refractivity (Wildman–Crippen MR) is 118 cm³/mol. The van der Waals surface area contributed by atoms with E-state index in [-0.39, 0.29) is 5.91 Å². The molecule has 0 aliphatic carbocycles. The highest BCUT2D eigenvalue weighted by molar-refractivity contribution is 8.01. The van der Waals surface area contributed by atoms with Crippen LogP contribution in [0.25, 0.3) is 11.4 Å². The average molecular weight is 415 g/mol. The molecule has 1 aromatic carbocycles. The maximum atomic E-state index is 12.9. The van der Waals surface area contributed by atoms with Crippen LogP contribution in [-0.4, -0.2) is 25.4 Å². The van der Waals surface area contributed by atoms with Gasteiger partial charge in [0.05, 0.1) is 4.75 Å². The van der Waals surface area contributed by atoms with Crippen LogP contribution in [0.4, 0.5) is 5.69 Å². The molecule has 1 N–H and O–H groups in total. The second-order valence-corrected chi connectivity index (χ2v) is 9.78. The molecule has 1 amide bonds. The van der Waals surface area contributed by atoms with Crippen molar-refractivity contribution < 1.29 is 4.79 Å². The number of nitrogens with zero attached hydrogens (tertiary/aromatic N) is 3. The lowest BCUT2D eigenvalue weighted by atomic mass is 10.0. The van der Waals surface area contributed by atoms with Gasteiger partial charge in [0, 0.05) is 23.2 Å². The average Bonchev–Trinajstić information content (AvgIpc) is 3.31. The zero-order valence-corrected chi connectivity index (χ0v) is 18.5. The largest absolute Gasteiger partial charge is 0.325 e. The molecule has 0 aliphatic rings. The van der Waals surface area contributed by atoms with Gasteiger partial charge in [-0.2, -0.15) is 11.3 Å². The third-order valence-corrected chi connectivity index (χ3v) is 6.40. The van der Waals surface area contributed by atoms with Crippen LogP contribution in [0.2, 0.25) is 0 Å². The van der Waals surface area contributed by atoms with Gasteiger partial charge < -0.3 is 9.88 Å². The van der Waals surface area contributed by atoms with Crippen LogP contribution in [0, 0.1) is 0 Å². The summed E-state index contributed by atoms with van der Waals surface area (Å²) in [4.78, 5) is 12.9. The maximum Gasteiger partial charge on any atom is 0.240 e. The fourth-order valence-corrected chi connectivity index (χ4v) is 4.40. The van der Waals surface area contributed by atoms with Crippen molar-refractivity contribution in [2.24, 2.45) is 0 Å². The summed E-state index contributed by atoms with van der Waals surface area (Å²) in [5.74, 6) is 1.25. The van der Waals surface area contributed by atoms with Crippen LogP contribution in [0.5, 0.6) is 0 Å². The van der Waals surface area contributed by atoms with E-state index in [0.29, 0.717) is 5.92 Å². The number of amides is 1. The molecule has 7 heteroatoms. The Balaban J connectivity index is 1.75. The molecule has 0 radical (unpaired) electrons. The first-order valence-corrected chi connectivity index (χ1v) is 11.1. The van der Waals surface area contributed by atoms with Gasteiger partial charge in [0.15, 0.2) is 11.0 Å². The topological polar surface area (TPSA) is 59.8 Å². The van der Waals surface area contributed by atoms with E-state index >= 15 is 0 Å². The first kappa shape index (κ1) is 20.6. The molecular weight excluding hydrogens is 388 g/mol. The molecule has 0 fully saturated rings. The van der Waals surface area contributed by atoms with Crippen molar-refractivity contribution in [1.82, 2.24) is 14.8 Å². The Bertz CT molecular complexity index is 928. The van der Waals surface area contributed by atoms with E-state index in [1.54, 1.807) is 11.3 Å². The van der Waals surface area contributed by atoms with Crippen LogP contribution in [-0.2, 0) is 11.3 Å². The number of carbonyl (C=O) groups excluding carboxylic acids is 1. The van der Waals surface area contributed by atoms with Gasteiger partial charge in [0.1, 0.15) is 0 Å². The summed E-state index contributed by atoms with van der Waals surface area (Å²) in [6.07, 6.45) is 0. The van der Waals surface area contributed by atoms with E-state index < -0.39 is 4.75 Å². The summed E-state index contributed by atoms with van der Waals surface area (Å²) in [6.45, 7) is 10.9. The molecule has 28 heavy (non-hydrogen) atoms. The molecule has 3 aromatic rings. The fourth-order valence-electron chi connectivity index (χ4n) is 2.76. The quantitative estimate of drug-likeness (QED) is 0.507. The molecule has 148 valence electrons. The molecule has 2 heterocycles. The Morgan fingerprint density at radius 3 is 2.50 bits per heavy atom. The van der Waals surface area contributed by atoms with E-state index in [2.05, 4.69) is 58.4 Å². The minimum absolute atomic E-state index is 0.0578. The molecule has 0 atom stereocenters. The first-order chi connectivity index (χ1) is 13.3. The summed E-state index contributed by atoms with van der Waals surface area (Å²) in [6, 6.07) is 10.1. The number of benzene rings is 1. The molecule has 3 rings (SSSR count). The highest BCUT2D eigenvalue weighted by atomic mass is 32.2. The minimum atomic E-state index is -0.692. The molecule has 0 saturated heterocycles. The molecule has 2 aromatic heterocycles. The third kappa shape index (κ3) is 4.47. The van der Waals surface area contributed by atoms with E-state index in [1.165, 1.54) is 17.3 Å². The monoisotopic (exact) mass is 414 g/mol. The Hall–Kier alpha value is -2.12. The normalized spacial score (nSPS) is 11.8. The summed E-state index contributed by atoms with van der Waals surface area (Å²) in [7, 11) is 0. The van der Waals surface area contributed by atoms with E-state index in [0.717, 1.165) is 28.8 Å². The molecule has 0 aliphatic heterocycles. The van der Waals surface area contributed by atoms with Crippen molar-refractivity contribution in [3.05, 3.63) is 46.7 Å². The smallest absolute Gasteiger partial charge is 0.240 e. The number of aromatic nitrogens is 3. The van der Waals surface area contributed by atoms with Crippen molar-refractivity contribution >= 4 is 34.7 Å². The number of nitrogens with one attached hydrogen (secondary N) is 1. The fraction of sp³-hybridized carbons (Fsp3) is 0.381. The molecule has 0 spiro atoms. The SMILES string of the molecule is CCn1c(SC(C)(C)C(=O)Nc2ccc(C(C)C)cc2)nnc1-c1ccsc1. The lowest BCUT2D eigenvalue weighted by Gasteiger charge is -2.23. The molecule has 0 bridgehead atoms. The van der Waals surface area contributed by atoms with Crippen LogP contribution < -0.4 is 5.32 Å². The zero-order chi connectivity index (χ0) is 20.3. The van der Waals surface area contributed by atoms with Crippen molar-refractivity contribution in [3.63, 3.8) is 0 Å². The Morgan fingerprint density at radius 2 is 1.93 bits per heavy atom. The number of rotatable bonds is 7. The number of thioether (sulfide) groups is 1. The Morgan fingerprint density at radius 1 is 1.21 bits per heavy atom. The van der Waals surface area contributed by atoms with Gasteiger partial charge in [-0.15, -0.1) is 10.2 Å². The van der Waals surface area contributed by atoms with Gasteiger partial charge in [0.2, 0.25) is 5.91 Å². The highest BCUT2D eigenvalue weighted by Gasteiger charge is 2.32. The Kier molecular flexibility index (Phi) is 6.25. The Labute approximate surface area is 174 Å². The number of thiophene rings is 1. The second kappa shape index (κ2) is 8.49. The molecule has 0 unspecified atom stereocenters. The van der Waals surface area contributed by atoms with Crippen LogP contribution in [0.15, 0.2) is 46.2 Å². The lowest BCUT2D eigenvalue weighted by molar-refractivity contribution is -0.117. The standard InChI is InChI=1S/C21H26N4OS2/c1-6-25-18(16-11-12-27-13-16)23-24-20(25)28-21(4,5)19(26)22-17-9-7-15(8-10-17)14(2)3/h7-14H,6H2,1-5H3,(H,22,26). The minimum Gasteiger partial charge on any atom is -0.325 e. The number of hydrogen-bond donors (Lipinski definition) is 1. The molecular formula is C21H26N4OS2.